The molecule has 110 valence electrons. The van der Waals surface area contributed by atoms with Crippen LogP contribution in [-0.2, 0) is 6.54 Å². The molecule has 0 fully saturated rings. The molecule has 0 saturated heterocycles. The fourth-order valence-corrected chi connectivity index (χ4v) is 1.75. The molecular formula is C14H12F2N2O3. The predicted molar refractivity (Wildman–Crippen MR) is 72.3 cm³/mol. The standard InChI is InChI=1S/C14H12F2N2O3/c1-17-8-9-2-4-11(5-3-9)21-14-12(15)6-10(18(19)20)7-13(14)16/h2-7,17H,8H2,1H3. The Kier molecular flexibility index (Phi) is 4.44. The molecule has 0 spiro atoms. The quantitative estimate of drug-likeness (QED) is 0.678. The first-order valence-corrected chi connectivity index (χ1v) is 6.06. The third kappa shape index (κ3) is 3.51. The van der Waals surface area contributed by atoms with Crippen molar-refractivity contribution in [1.29, 1.82) is 0 Å². The van der Waals surface area contributed by atoms with Crippen LogP contribution in [0.25, 0.3) is 0 Å². The van der Waals surface area contributed by atoms with E-state index >= 15 is 0 Å². The number of nitrogens with one attached hydrogen (secondary N) is 1. The Morgan fingerprint density at radius 1 is 1.19 bits per heavy atom. The Morgan fingerprint density at radius 2 is 1.76 bits per heavy atom. The summed E-state index contributed by atoms with van der Waals surface area (Å²) in [5.41, 5.74) is 0.316. The molecule has 5 nitrogen and oxygen atoms in total. The number of ether oxygens (including phenoxy) is 1. The molecule has 2 aromatic carbocycles. The SMILES string of the molecule is CNCc1ccc(Oc2c(F)cc([N+](=O)[O-])cc2F)cc1. The van der Waals surface area contributed by atoms with Crippen LogP contribution in [0, 0.1) is 21.7 Å². The van der Waals surface area contributed by atoms with Crippen LogP contribution in [-0.4, -0.2) is 12.0 Å². The number of nitro groups is 1. The summed E-state index contributed by atoms with van der Waals surface area (Å²) in [5.74, 6) is -2.68. The molecule has 1 N–H and O–H groups in total. The van der Waals surface area contributed by atoms with Crippen molar-refractivity contribution in [3.05, 3.63) is 63.7 Å². The zero-order chi connectivity index (χ0) is 15.4. The van der Waals surface area contributed by atoms with E-state index in [-0.39, 0.29) is 5.75 Å². The Hall–Kier alpha value is -2.54. The zero-order valence-corrected chi connectivity index (χ0v) is 11.1. The fourth-order valence-electron chi connectivity index (χ4n) is 1.75. The van der Waals surface area contributed by atoms with Crippen molar-refractivity contribution in [2.75, 3.05) is 7.05 Å². The van der Waals surface area contributed by atoms with Gasteiger partial charge in [-0.2, -0.15) is 0 Å². The third-order valence-electron chi connectivity index (χ3n) is 2.72. The van der Waals surface area contributed by atoms with E-state index < -0.39 is 28.0 Å². The summed E-state index contributed by atoms with van der Waals surface area (Å²) in [7, 11) is 1.80. The van der Waals surface area contributed by atoms with E-state index in [0.717, 1.165) is 5.56 Å². The number of rotatable bonds is 5. The predicted octanol–water partition coefficient (Wildman–Crippen LogP) is 3.38. The molecule has 2 aromatic rings. The lowest BCUT2D eigenvalue weighted by molar-refractivity contribution is -0.385. The van der Waals surface area contributed by atoms with Crippen molar-refractivity contribution in [2.24, 2.45) is 0 Å². The highest BCUT2D eigenvalue weighted by molar-refractivity contribution is 5.41. The van der Waals surface area contributed by atoms with Crippen LogP contribution < -0.4 is 10.1 Å². The molecule has 0 radical (unpaired) electrons. The average Bonchev–Trinajstić information content (AvgIpc) is 2.44. The molecule has 0 atom stereocenters. The maximum absolute atomic E-state index is 13.7. The Bertz CT molecular complexity index is 637. The van der Waals surface area contributed by atoms with E-state index in [0.29, 0.717) is 18.7 Å². The van der Waals surface area contributed by atoms with Crippen molar-refractivity contribution >= 4 is 5.69 Å². The van der Waals surface area contributed by atoms with Gasteiger partial charge in [0.25, 0.3) is 5.69 Å². The molecule has 0 aromatic heterocycles. The second kappa shape index (κ2) is 6.27. The molecule has 2 rings (SSSR count). The molecule has 0 heterocycles. The molecule has 0 bridgehead atoms. The molecule has 7 heteroatoms. The lowest BCUT2D eigenvalue weighted by Gasteiger charge is -2.08. The second-order valence-corrected chi connectivity index (χ2v) is 4.27. The first-order chi connectivity index (χ1) is 10.0. The molecule has 0 aliphatic rings. The van der Waals surface area contributed by atoms with Crippen molar-refractivity contribution in [3.8, 4) is 11.5 Å². The van der Waals surface area contributed by atoms with Crippen LogP contribution in [0.3, 0.4) is 0 Å². The Balaban J connectivity index is 2.25. The van der Waals surface area contributed by atoms with Crippen molar-refractivity contribution < 1.29 is 18.4 Å². The van der Waals surface area contributed by atoms with Gasteiger partial charge in [-0.25, -0.2) is 8.78 Å². The topological polar surface area (TPSA) is 64.4 Å². The Morgan fingerprint density at radius 3 is 2.24 bits per heavy atom. The first kappa shape index (κ1) is 14.9. The van der Waals surface area contributed by atoms with Gasteiger partial charge in [0.1, 0.15) is 5.75 Å². The van der Waals surface area contributed by atoms with Crippen LogP contribution in [0.2, 0.25) is 0 Å². The molecule has 21 heavy (non-hydrogen) atoms. The van der Waals surface area contributed by atoms with Gasteiger partial charge in [0.2, 0.25) is 0 Å². The van der Waals surface area contributed by atoms with Gasteiger partial charge in [0, 0.05) is 6.54 Å². The number of non-ortho nitro benzene ring substituents is 1. The summed E-state index contributed by atoms with van der Waals surface area (Å²) >= 11 is 0. The lowest BCUT2D eigenvalue weighted by atomic mass is 10.2. The maximum Gasteiger partial charge on any atom is 0.275 e. The summed E-state index contributed by atoms with van der Waals surface area (Å²) < 4.78 is 32.5. The van der Waals surface area contributed by atoms with Crippen molar-refractivity contribution in [2.45, 2.75) is 6.54 Å². The number of hydrogen-bond acceptors (Lipinski definition) is 4. The Labute approximate surface area is 119 Å². The van der Waals surface area contributed by atoms with Gasteiger partial charge in [-0.15, -0.1) is 0 Å². The summed E-state index contributed by atoms with van der Waals surface area (Å²) in [6.07, 6.45) is 0. The molecule has 0 aliphatic heterocycles. The van der Waals surface area contributed by atoms with E-state index in [1.807, 2.05) is 0 Å². The zero-order valence-electron chi connectivity index (χ0n) is 11.1. The highest BCUT2D eigenvalue weighted by atomic mass is 19.1. The summed E-state index contributed by atoms with van der Waals surface area (Å²) in [4.78, 5) is 9.63. The van der Waals surface area contributed by atoms with Gasteiger partial charge >= 0.3 is 0 Å². The fraction of sp³-hybridized carbons (Fsp3) is 0.143. The van der Waals surface area contributed by atoms with Crippen LogP contribution in [0.5, 0.6) is 11.5 Å². The van der Waals surface area contributed by atoms with Crippen LogP contribution in [0.4, 0.5) is 14.5 Å². The molecule has 0 aliphatic carbocycles. The van der Waals surface area contributed by atoms with Crippen LogP contribution in [0.1, 0.15) is 5.56 Å². The highest BCUT2D eigenvalue weighted by Crippen LogP contribution is 2.30. The van der Waals surface area contributed by atoms with E-state index in [9.17, 15) is 18.9 Å². The third-order valence-corrected chi connectivity index (χ3v) is 2.72. The number of nitro benzene ring substituents is 1. The number of nitrogens with zero attached hydrogens (tertiary/aromatic N) is 1. The van der Waals surface area contributed by atoms with Crippen molar-refractivity contribution in [3.63, 3.8) is 0 Å². The minimum absolute atomic E-state index is 0.238. The number of hydrogen-bond donors (Lipinski definition) is 1. The average molecular weight is 294 g/mol. The highest BCUT2D eigenvalue weighted by Gasteiger charge is 2.18. The first-order valence-electron chi connectivity index (χ1n) is 6.06. The largest absolute Gasteiger partial charge is 0.451 e. The van der Waals surface area contributed by atoms with Gasteiger partial charge in [-0.05, 0) is 24.7 Å². The number of benzene rings is 2. The monoisotopic (exact) mass is 294 g/mol. The van der Waals surface area contributed by atoms with Gasteiger partial charge in [-0.1, -0.05) is 12.1 Å². The molecule has 0 amide bonds. The normalized spacial score (nSPS) is 10.4. The van der Waals surface area contributed by atoms with E-state index in [4.69, 9.17) is 4.74 Å². The molecular weight excluding hydrogens is 282 g/mol. The van der Waals surface area contributed by atoms with Crippen LogP contribution >= 0.6 is 0 Å². The van der Waals surface area contributed by atoms with E-state index in [2.05, 4.69) is 5.32 Å². The molecule has 0 unspecified atom stereocenters. The van der Waals surface area contributed by atoms with Gasteiger partial charge < -0.3 is 10.1 Å². The summed E-state index contributed by atoms with van der Waals surface area (Å²) in [6.45, 7) is 0.653. The summed E-state index contributed by atoms with van der Waals surface area (Å²) in [5, 5.41) is 13.5. The lowest BCUT2D eigenvalue weighted by Crippen LogP contribution is -2.04. The maximum atomic E-state index is 13.7. The minimum Gasteiger partial charge on any atom is -0.451 e. The van der Waals surface area contributed by atoms with Crippen LogP contribution in [0.15, 0.2) is 36.4 Å². The smallest absolute Gasteiger partial charge is 0.275 e. The van der Waals surface area contributed by atoms with Gasteiger partial charge in [0.05, 0.1) is 17.1 Å². The van der Waals surface area contributed by atoms with Gasteiger partial charge in [-0.3, -0.25) is 10.1 Å². The minimum atomic E-state index is -1.12. The van der Waals surface area contributed by atoms with Crippen molar-refractivity contribution in [1.82, 2.24) is 5.32 Å². The molecule has 0 saturated carbocycles. The summed E-state index contributed by atoms with van der Waals surface area (Å²) in [6, 6.07) is 7.85. The van der Waals surface area contributed by atoms with E-state index in [1.54, 1.807) is 31.3 Å². The second-order valence-electron chi connectivity index (χ2n) is 4.27. The van der Waals surface area contributed by atoms with Gasteiger partial charge in [0.15, 0.2) is 17.4 Å². The number of halogens is 2. The van der Waals surface area contributed by atoms with E-state index in [1.165, 1.54) is 0 Å².